The first kappa shape index (κ1) is 14.7. The van der Waals surface area contributed by atoms with Crippen molar-refractivity contribution in [3.05, 3.63) is 33.8 Å². The van der Waals surface area contributed by atoms with Gasteiger partial charge in [-0.15, -0.1) is 0 Å². The summed E-state index contributed by atoms with van der Waals surface area (Å²) in [4.78, 5) is 1.98. The lowest BCUT2D eigenvalue weighted by molar-refractivity contribution is 0.0419. The maximum absolute atomic E-state index is 9.59. The Morgan fingerprint density at radius 1 is 1.41 bits per heavy atom. The Balaban J connectivity index is 2.52. The van der Waals surface area contributed by atoms with Crippen molar-refractivity contribution in [3.8, 4) is 0 Å². The van der Waals surface area contributed by atoms with Gasteiger partial charge in [0.05, 0.1) is 12.7 Å². The molecule has 17 heavy (non-hydrogen) atoms. The summed E-state index contributed by atoms with van der Waals surface area (Å²) in [6.07, 6.45) is -0.490. The molecule has 0 fully saturated rings. The Hall–Kier alpha value is -0.320. The molecule has 0 aliphatic heterocycles. The highest BCUT2D eigenvalue weighted by Crippen LogP contribution is 2.21. The van der Waals surface area contributed by atoms with Crippen LogP contribution in [0.3, 0.4) is 0 Å². The fraction of sp³-hybridized carbons (Fsp3) is 0.500. The molecule has 5 heteroatoms. The van der Waals surface area contributed by atoms with E-state index >= 15 is 0 Å². The number of rotatable bonds is 6. The average molecular weight is 278 g/mol. The van der Waals surface area contributed by atoms with E-state index in [1.807, 2.05) is 24.1 Å². The van der Waals surface area contributed by atoms with Gasteiger partial charge in [0.15, 0.2) is 0 Å². The molecule has 0 spiro atoms. The van der Waals surface area contributed by atoms with E-state index in [0.29, 0.717) is 29.7 Å². The molecule has 0 radical (unpaired) electrons. The van der Waals surface area contributed by atoms with Crippen LogP contribution in [0.1, 0.15) is 5.56 Å². The van der Waals surface area contributed by atoms with Crippen molar-refractivity contribution in [2.45, 2.75) is 12.6 Å². The number of hydrogen-bond acceptors (Lipinski definition) is 3. The lowest BCUT2D eigenvalue weighted by atomic mass is 10.2. The summed E-state index contributed by atoms with van der Waals surface area (Å²) in [7, 11) is 3.49. The normalized spacial score (nSPS) is 13.1. The zero-order valence-electron chi connectivity index (χ0n) is 9.99. The second-order valence-corrected chi connectivity index (χ2v) is 4.89. The van der Waals surface area contributed by atoms with Gasteiger partial charge in [0.1, 0.15) is 0 Å². The van der Waals surface area contributed by atoms with Crippen molar-refractivity contribution >= 4 is 23.2 Å². The zero-order chi connectivity index (χ0) is 12.8. The van der Waals surface area contributed by atoms with Crippen LogP contribution < -0.4 is 0 Å². The Bertz CT molecular complexity index is 360. The topological polar surface area (TPSA) is 32.7 Å². The van der Waals surface area contributed by atoms with Crippen molar-refractivity contribution in [2.24, 2.45) is 0 Å². The van der Waals surface area contributed by atoms with Crippen LogP contribution in [0.25, 0.3) is 0 Å². The van der Waals surface area contributed by atoms with E-state index in [1.54, 1.807) is 13.2 Å². The van der Waals surface area contributed by atoms with E-state index in [1.165, 1.54) is 0 Å². The monoisotopic (exact) mass is 277 g/mol. The summed E-state index contributed by atoms with van der Waals surface area (Å²) in [5.41, 5.74) is 0.989. The van der Waals surface area contributed by atoms with Crippen LogP contribution in [-0.4, -0.2) is 43.4 Å². The third-order valence-corrected chi connectivity index (χ3v) is 2.92. The number of halogens is 2. The maximum Gasteiger partial charge on any atom is 0.0900 e. The highest BCUT2D eigenvalue weighted by Gasteiger charge is 2.10. The molecular weight excluding hydrogens is 261 g/mol. The number of methoxy groups -OCH3 is 1. The second-order valence-electron chi connectivity index (χ2n) is 4.04. The molecule has 0 saturated carbocycles. The molecule has 0 aromatic heterocycles. The lowest BCUT2D eigenvalue weighted by Crippen LogP contribution is -2.31. The number of nitrogens with zero attached hydrogens (tertiary/aromatic N) is 1. The first-order valence-electron chi connectivity index (χ1n) is 5.32. The van der Waals surface area contributed by atoms with E-state index in [9.17, 15) is 5.11 Å². The van der Waals surface area contributed by atoms with Gasteiger partial charge in [0, 0.05) is 30.2 Å². The van der Waals surface area contributed by atoms with Crippen LogP contribution in [0, 0.1) is 0 Å². The molecule has 0 amide bonds. The van der Waals surface area contributed by atoms with Crippen molar-refractivity contribution in [1.29, 1.82) is 0 Å². The minimum absolute atomic E-state index is 0.332. The Labute approximate surface area is 112 Å². The van der Waals surface area contributed by atoms with Gasteiger partial charge in [0.2, 0.25) is 0 Å². The maximum atomic E-state index is 9.59. The Kier molecular flexibility index (Phi) is 6.23. The molecule has 1 aromatic rings. The van der Waals surface area contributed by atoms with E-state index in [4.69, 9.17) is 27.9 Å². The molecule has 3 nitrogen and oxygen atoms in total. The third kappa shape index (κ3) is 5.23. The van der Waals surface area contributed by atoms with E-state index in [-0.39, 0.29) is 0 Å². The van der Waals surface area contributed by atoms with E-state index in [2.05, 4.69) is 0 Å². The van der Waals surface area contributed by atoms with Gasteiger partial charge in [-0.05, 0) is 24.7 Å². The standard InChI is InChI=1S/C12H17Cl2NO2/c1-15(7-11(16)8-17-2)6-9-3-4-10(13)5-12(9)14/h3-5,11,16H,6-8H2,1-2H3. The van der Waals surface area contributed by atoms with Gasteiger partial charge >= 0.3 is 0 Å². The van der Waals surface area contributed by atoms with Gasteiger partial charge < -0.3 is 9.84 Å². The number of hydrogen-bond donors (Lipinski definition) is 1. The highest BCUT2D eigenvalue weighted by atomic mass is 35.5. The van der Waals surface area contributed by atoms with Crippen molar-refractivity contribution in [1.82, 2.24) is 4.90 Å². The van der Waals surface area contributed by atoms with Crippen molar-refractivity contribution in [3.63, 3.8) is 0 Å². The van der Waals surface area contributed by atoms with Crippen LogP contribution in [0.4, 0.5) is 0 Å². The van der Waals surface area contributed by atoms with Crippen molar-refractivity contribution in [2.75, 3.05) is 27.3 Å². The van der Waals surface area contributed by atoms with Gasteiger partial charge in [-0.2, -0.15) is 0 Å². The number of aliphatic hydroxyl groups is 1. The molecule has 1 unspecified atom stereocenters. The number of benzene rings is 1. The minimum atomic E-state index is -0.490. The summed E-state index contributed by atoms with van der Waals surface area (Å²) in [6, 6.07) is 5.42. The predicted octanol–water partition coefficient (Wildman–Crippen LogP) is 2.43. The van der Waals surface area contributed by atoms with Crippen LogP contribution in [0.15, 0.2) is 18.2 Å². The lowest BCUT2D eigenvalue weighted by Gasteiger charge is -2.20. The minimum Gasteiger partial charge on any atom is -0.389 e. The van der Waals surface area contributed by atoms with E-state index < -0.39 is 6.10 Å². The molecule has 1 aromatic carbocycles. The fourth-order valence-electron chi connectivity index (χ4n) is 1.61. The van der Waals surface area contributed by atoms with Gasteiger partial charge in [0.25, 0.3) is 0 Å². The van der Waals surface area contributed by atoms with Gasteiger partial charge in [-0.3, -0.25) is 4.90 Å². The summed E-state index contributed by atoms with van der Waals surface area (Å²) >= 11 is 11.9. The number of ether oxygens (including phenoxy) is 1. The summed E-state index contributed by atoms with van der Waals surface area (Å²) < 4.78 is 4.87. The summed E-state index contributed by atoms with van der Waals surface area (Å²) in [5, 5.41) is 10.9. The quantitative estimate of drug-likeness (QED) is 0.867. The molecule has 1 N–H and O–H groups in total. The molecule has 0 heterocycles. The molecule has 0 bridgehead atoms. The second kappa shape index (κ2) is 7.19. The third-order valence-electron chi connectivity index (χ3n) is 2.34. The first-order chi connectivity index (χ1) is 8.02. The van der Waals surface area contributed by atoms with Crippen LogP contribution in [0.2, 0.25) is 10.0 Å². The largest absolute Gasteiger partial charge is 0.389 e. The van der Waals surface area contributed by atoms with Crippen LogP contribution in [0.5, 0.6) is 0 Å². The predicted molar refractivity (Wildman–Crippen MR) is 70.7 cm³/mol. The van der Waals surface area contributed by atoms with Crippen LogP contribution >= 0.6 is 23.2 Å². The first-order valence-corrected chi connectivity index (χ1v) is 6.08. The highest BCUT2D eigenvalue weighted by molar-refractivity contribution is 6.35. The molecule has 1 rings (SSSR count). The average Bonchev–Trinajstić information content (AvgIpc) is 2.22. The van der Waals surface area contributed by atoms with Gasteiger partial charge in [-0.1, -0.05) is 29.3 Å². The fourth-order valence-corrected chi connectivity index (χ4v) is 2.08. The Morgan fingerprint density at radius 2 is 2.12 bits per heavy atom. The van der Waals surface area contributed by atoms with Crippen molar-refractivity contribution < 1.29 is 9.84 Å². The summed E-state index contributed by atoms with van der Waals surface area (Å²) in [5.74, 6) is 0. The van der Waals surface area contributed by atoms with Gasteiger partial charge in [-0.25, -0.2) is 0 Å². The zero-order valence-corrected chi connectivity index (χ0v) is 11.5. The molecule has 0 aliphatic rings. The molecule has 0 saturated heterocycles. The Morgan fingerprint density at radius 3 is 2.71 bits per heavy atom. The molecule has 0 aliphatic carbocycles. The molecule has 1 atom stereocenters. The van der Waals surface area contributed by atoms with E-state index in [0.717, 1.165) is 5.56 Å². The molecular formula is C12H17Cl2NO2. The molecule has 96 valence electrons. The SMILES string of the molecule is COCC(O)CN(C)Cc1ccc(Cl)cc1Cl. The smallest absolute Gasteiger partial charge is 0.0900 e. The summed E-state index contributed by atoms with van der Waals surface area (Å²) in [6.45, 7) is 1.53. The van der Waals surface area contributed by atoms with Crippen LogP contribution in [-0.2, 0) is 11.3 Å². The number of aliphatic hydroxyl groups excluding tert-OH is 1. The number of likely N-dealkylation sites (N-methyl/N-ethyl adjacent to an activating group) is 1.